The number of ether oxygens (including phenoxy) is 1. The summed E-state index contributed by atoms with van der Waals surface area (Å²) in [7, 11) is 0. The number of hydrogen-bond acceptors (Lipinski definition) is 8. The molecule has 3 fully saturated rings. The fraction of sp³-hybridized carbons (Fsp3) is 0.517. The second-order valence-electron chi connectivity index (χ2n) is 11.1. The van der Waals surface area contributed by atoms with E-state index in [1.807, 2.05) is 0 Å². The third kappa shape index (κ3) is 5.47. The molecule has 10 nitrogen and oxygen atoms in total. The second kappa shape index (κ2) is 10.8. The number of likely N-dealkylation sites (tertiary alicyclic amines) is 1. The molecule has 6 rings (SSSR count). The maximum absolute atomic E-state index is 13.0. The van der Waals surface area contributed by atoms with Gasteiger partial charge >= 0.3 is 0 Å². The lowest BCUT2D eigenvalue weighted by Crippen LogP contribution is -2.52. The van der Waals surface area contributed by atoms with Crippen molar-refractivity contribution in [2.24, 2.45) is 0 Å². The summed E-state index contributed by atoms with van der Waals surface area (Å²) >= 11 is 0. The van der Waals surface area contributed by atoms with Crippen molar-refractivity contribution in [1.82, 2.24) is 25.0 Å². The van der Waals surface area contributed by atoms with E-state index in [1.54, 1.807) is 12.1 Å². The molecule has 2 N–H and O–H groups in total. The zero-order chi connectivity index (χ0) is 27.0. The SMILES string of the molecule is O=C1CCC(N2Cc3nc(C4(O)CCN(Cc5ccc(CN6CCOCC6)cc5)CC4)ccc3C2=O)C(=O)N1. The van der Waals surface area contributed by atoms with Gasteiger partial charge in [0.1, 0.15) is 11.6 Å². The summed E-state index contributed by atoms with van der Waals surface area (Å²) in [4.78, 5) is 47.8. The molecule has 3 amide bonds. The minimum Gasteiger partial charge on any atom is -0.383 e. The lowest BCUT2D eigenvalue weighted by Gasteiger charge is -2.38. The molecule has 4 aliphatic heterocycles. The molecule has 0 bridgehead atoms. The Bertz CT molecular complexity index is 1250. The number of morpholine rings is 1. The molecule has 5 heterocycles. The molecular weight excluding hydrogens is 498 g/mol. The summed E-state index contributed by atoms with van der Waals surface area (Å²) in [5.41, 5.74) is 3.13. The first-order valence-electron chi connectivity index (χ1n) is 13.9. The zero-order valence-corrected chi connectivity index (χ0v) is 22.1. The number of piperidine rings is 2. The van der Waals surface area contributed by atoms with Gasteiger partial charge in [-0.15, -0.1) is 0 Å². The van der Waals surface area contributed by atoms with Gasteiger partial charge in [-0.25, -0.2) is 0 Å². The molecular formula is C29H35N5O5. The van der Waals surface area contributed by atoms with Crippen LogP contribution < -0.4 is 5.32 Å². The highest BCUT2D eigenvalue weighted by atomic mass is 16.5. The number of fused-ring (bicyclic) bond motifs is 1. The van der Waals surface area contributed by atoms with Crippen LogP contribution in [0.15, 0.2) is 36.4 Å². The van der Waals surface area contributed by atoms with E-state index in [1.165, 1.54) is 16.0 Å². The minimum absolute atomic E-state index is 0.206. The monoisotopic (exact) mass is 533 g/mol. The van der Waals surface area contributed by atoms with Crippen LogP contribution in [0.1, 0.15) is 58.6 Å². The highest BCUT2D eigenvalue weighted by Gasteiger charge is 2.41. The smallest absolute Gasteiger partial charge is 0.256 e. The van der Waals surface area contributed by atoms with Gasteiger partial charge in [0.05, 0.1) is 36.7 Å². The van der Waals surface area contributed by atoms with Crippen LogP contribution in [0.2, 0.25) is 0 Å². The number of amides is 3. The number of rotatable bonds is 6. The largest absolute Gasteiger partial charge is 0.383 e. The first-order valence-corrected chi connectivity index (χ1v) is 13.9. The van der Waals surface area contributed by atoms with Gasteiger partial charge in [0.15, 0.2) is 0 Å². The Labute approximate surface area is 227 Å². The number of hydrogen-bond donors (Lipinski definition) is 2. The lowest BCUT2D eigenvalue weighted by molar-refractivity contribution is -0.136. The van der Waals surface area contributed by atoms with Gasteiger partial charge in [0, 0.05) is 45.7 Å². The number of nitrogens with zero attached hydrogens (tertiary/aromatic N) is 4. The summed E-state index contributed by atoms with van der Waals surface area (Å²) in [5, 5.41) is 13.8. The number of aliphatic hydroxyl groups is 1. The number of benzene rings is 1. The van der Waals surface area contributed by atoms with Crippen molar-refractivity contribution in [3.8, 4) is 0 Å². The minimum atomic E-state index is -1.06. The molecule has 10 heteroatoms. The van der Waals surface area contributed by atoms with Gasteiger partial charge in [-0.3, -0.25) is 34.5 Å². The van der Waals surface area contributed by atoms with Crippen LogP contribution >= 0.6 is 0 Å². The van der Waals surface area contributed by atoms with Crippen LogP contribution in [-0.4, -0.2) is 87.9 Å². The maximum atomic E-state index is 13.0. The maximum Gasteiger partial charge on any atom is 0.256 e. The van der Waals surface area contributed by atoms with Gasteiger partial charge in [0.25, 0.3) is 5.91 Å². The van der Waals surface area contributed by atoms with E-state index in [0.29, 0.717) is 36.2 Å². The number of carbonyl (C=O) groups is 3. The van der Waals surface area contributed by atoms with E-state index in [4.69, 9.17) is 9.72 Å². The zero-order valence-electron chi connectivity index (χ0n) is 22.1. The summed E-state index contributed by atoms with van der Waals surface area (Å²) in [6.45, 7) is 7.04. The molecule has 0 radical (unpaired) electrons. The van der Waals surface area contributed by atoms with Gasteiger partial charge in [-0.2, -0.15) is 0 Å². The van der Waals surface area contributed by atoms with E-state index >= 15 is 0 Å². The summed E-state index contributed by atoms with van der Waals surface area (Å²) in [5.74, 6) is -1.00. The third-order valence-corrected chi connectivity index (χ3v) is 8.47. The molecule has 1 atom stereocenters. The highest BCUT2D eigenvalue weighted by Crippen LogP contribution is 2.35. The molecule has 1 unspecified atom stereocenters. The van der Waals surface area contributed by atoms with Crippen LogP contribution in [-0.2, 0) is 39.6 Å². The van der Waals surface area contributed by atoms with Crippen molar-refractivity contribution in [2.45, 2.75) is 57.0 Å². The molecule has 0 saturated carbocycles. The first kappa shape index (κ1) is 26.1. The van der Waals surface area contributed by atoms with Crippen molar-refractivity contribution in [3.05, 3.63) is 64.5 Å². The molecule has 1 aromatic heterocycles. The van der Waals surface area contributed by atoms with Crippen molar-refractivity contribution in [2.75, 3.05) is 39.4 Å². The lowest BCUT2D eigenvalue weighted by atomic mass is 9.87. The predicted molar refractivity (Wildman–Crippen MR) is 141 cm³/mol. The van der Waals surface area contributed by atoms with E-state index in [9.17, 15) is 19.5 Å². The molecule has 0 spiro atoms. The van der Waals surface area contributed by atoms with Crippen LogP contribution in [0.3, 0.4) is 0 Å². The predicted octanol–water partition coefficient (Wildman–Crippen LogP) is 1.16. The Hall–Kier alpha value is -3.18. The number of imide groups is 1. The first-order chi connectivity index (χ1) is 18.9. The Kier molecular flexibility index (Phi) is 7.20. The fourth-order valence-electron chi connectivity index (χ4n) is 6.06. The Balaban J connectivity index is 1.05. The van der Waals surface area contributed by atoms with Crippen molar-refractivity contribution < 1.29 is 24.2 Å². The van der Waals surface area contributed by atoms with Gasteiger partial charge in [-0.1, -0.05) is 24.3 Å². The van der Waals surface area contributed by atoms with Crippen LogP contribution in [0.25, 0.3) is 0 Å². The van der Waals surface area contributed by atoms with Crippen molar-refractivity contribution in [3.63, 3.8) is 0 Å². The van der Waals surface area contributed by atoms with Gasteiger partial charge < -0.3 is 14.7 Å². The highest BCUT2D eigenvalue weighted by molar-refractivity contribution is 6.05. The Morgan fingerprint density at radius 3 is 2.21 bits per heavy atom. The van der Waals surface area contributed by atoms with Crippen LogP contribution in [0.4, 0.5) is 0 Å². The summed E-state index contributed by atoms with van der Waals surface area (Å²) in [6.07, 6.45) is 1.63. The summed E-state index contributed by atoms with van der Waals surface area (Å²) in [6, 6.07) is 11.6. The quantitative estimate of drug-likeness (QED) is 0.532. The van der Waals surface area contributed by atoms with E-state index in [2.05, 4.69) is 39.4 Å². The van der Waals surface area contributed by atoms with Gasteiger partial charge in [0.2, 0.25) is 11.8 Å². The average Bonchev–Trinajstić information content (AvgIpc) is 3.27. The molecule has 39 heavy (non-hydrogen) atoms. The van der Waals surface area contributed by atoms with Crippen molar-refractivity contribution >= 4 is 17.7 Å². The third-order valence-electron chi connectivity index (χ3n) is 8.47. The standard InChI is InChI=1S/C29H35N5O5/c35-26-8-6-24(27(36)31-26)34-19-23-22(28(34)37)5-7-25(30-23)29(38)9-11-32(12-10-29)17-20-1-3-21(4-2-20)18-33-13-15-39-16-14-33/h1-5,7,24,38H,6,8-19H2,(H,31,35,36). The van der Waals surface area contributed by atoms with E-state index < -0.39 is 17.6 Å². The average molecular weight is 534 g/mol. The normalized spacial score (nSPS) is 24.1. The van der Waals surface area contributed by atoms with E-state index in [0.717, 1.165) is 52.5 Å². The Morgan fingerprint density at radius 1 is 0.923 bits per heavy atom. The van der Waals surface area contributed by atoms with Crippen molar-refractivity contribution in [1.29, 1.82) is 0 Å². The number of nitrogens with one attached hydrogen (secondary N) is 1. The molecule has 3 saturated heterocycles. The van der Waals surface area contributed by atoms with Crippen LogP contribution in [0.5, 0.6) is 0 Å². The molecule has 2 aromatic rings. The van der Waals surface area contributed by atoms with Crippen LogP contribution in [0, 0.1) is 0 Å². The number of pyridine rings is 1. The molecule has 0 aliphatic carbocycles. The molecule has 1 aromatic carbocycles. The number of aromatic nitrogens is 1. The van der Waals surface area contributed by atoms with E-state index in [-0.39, 0.29) is 24.8 Å². The van der Waals surface area contributed by atoms with Gasteiger partial charge in [-0.05, 0) is 42.5 Å². The molecule has 206 valence electrons. The second-order valence-corrected chi connectivity index (χ2v) is 11.1. The number of carbonyl (C=O) groups excluding carboxylic acids is 3. The topological polar surface area (TPSA) is 115 Å². The Morgan fingerprint density at radius 2 is 1.56 bits per heavy atom. The summed E-state index contributed by atoms with van der Waals surface area (Å²) < 4.78 is 5.43. The fourth-order valence-corrected chi connectivity index (χ4v) is 6.06. The molecule has 4 aliphatic rings.